The minimum Gasteiger partial charge on any atom is -0.371 e. The molecule has 2 N–H and O–H groups in total. The number of benzene rings is 1. The zero-order valence-corrected chi connectivity index (χ0v) is 16.4. The van der Waals surface area contributed by atoms with E-state index in [9.17, 15) is 13.6 Å². The first kappa shape index (κ1) is 20.1. The zero-order chi connectivity index (χ0) is 19.7. The molecule has 1 aromatic rings. The number of para-hydroxylation sites is 1. The molecule has 1 aliphatic heterocycles. The third kappa shape index (κ3) is 4.10. The number of anilines is 1. The quantitative estimate of drug-likeness (QED) is 0.786. The normalized spacial score (nSPS) is 26.2. The Balaban J connectivity index is 1.76. The molecule has 1 saturated heterocycles. The average Bonchev–Trinajstić information content (AvgIpc) is 3.19. The molecule has 1 saturated carbocycles. The Kier molecular flexibility index (Phi) is 6.04. The summed E-state index contributed by atoms with van der Waals surface area (Å²) in [6.07, 6.45) is 0.390. The number of carbonyl (C=O) groups is 1. The summed E-state index contributed by atoms with van der Waals surface area (Å²) in [5, 5.41) is 0. The standard InChI is InChI=1S/C21H31F2N3O/c1-13(2)10-19(21(24)27)25(3)17-9-8-14-11-26(12-16(14)17)18-7-5-4-6-15(18)20(22)23/h4-7,13-14,16-17,19-20H,8-12H2,1-3H3,(H2,24,27)/t14?,16-,17?,19-/m0/s1. The van der Waals surface area contributed by atoms with E-state index in [0.29, 0.717) is 23.4 Å². The number of fused-ring (bicyclic) bond motifs is 1. The van der Waals surface area contributed by atoms with Gasteiger partial charge in [-0.2, -0.15) is 0 Å². The van der Waals surface area contributed by atoms with E-state index in [2.05, 4.69) is 23.6 Å². The number of halogens is 2. The van der Waals surface area contributed by atoms with Crippen LogP contribution in [0.3, 0.4) is 0 Å². The maximum absolute atomic E-state index is 13.4. The number of likely N-dealkylation sites (N-methyl/N-ethyl adjacent to an activating group) is 1. The lowest BCUT2D eigenvalue weighted by atomic mass is 9.94. The van der Waals surface area contributed by atoms with Crippen molar-refractivity contribution in [1.29, 1.82) is 0 Å². The second-order valence-electron chi connectivity index (χ2n) is 8.55. The van der Waals surface area contributed by atoms with Gasteiger partial charge in [0, 0.05) is 30.4 Å². The van der Waals surface area contributed by atoms with Gasteiger partial charge in [0.15, 0.2) is 0 Å². The zero-order valence-electron chi connectivity index (χ0n) is 16.4. The van der Waals surface area contributed by atoms with Crippen LogP contribution in [0.2, 0.25) is 0 Å². The Labute approximate surface area is 160 Å². The van der Waals surface area contributed by atoms with Crippen LogP contribution in [0.25, 0.3) is 0 Å². The third-order valence-electron chi connectivity index (χ3n) is 6.37. The number of rotatable bonds is 7. The Morgan fingerprint density at radius 3 is 2.59 bits per heavy atom. The molecular weight excluding hydrogens is 348 g/mol. The third-order valence-corrected chi connectivity index (χ3v) is 6.37. The van der Waals surface area contributed by atoms with Gasteiger partial charge in [0.2, 0.25) is 5.91 Å². The molecule has 0 radical (unpaired) electrons. The van der Waals surface area contributed by atoms with Gasteiger partial charge < -0.3 is 10.6 Å². The molecule has 1 amide bonds. The van der Waals surface area contributed by atoms with Gasteiger partial charge in [-0.3, -0.25) is 9.69 Å². The molecule has 2 fully saturated rings. The number of alkyl halides is 2. The predicted molar refractivity (Wildman–Crippen MR) is 104 cm³/mol. The number of hydrogen-bond acceptors (Lipinski definition) is 3. The molecule has 6 heteroatoms. The summed E-state index contributed by atoms with van der Waals surface area (Å²) in [5.74, 6) is 0.984. The summed E-state index contributed by atoms with van der Waals surface area (Å²) < 4.78 is 26.8. The fourth-order valence-corrected chi connectivity index (χ4v) is 5.06. The van der Waals surface area contributed by atoms with Crippen molar-refractivity contribution in [1.82, 2.24) is 4.90 Å². The summed E-state index contributed by atoms with van der Waals surface area (Å²) in [5.41, 5.74) is 6.45. The predicted octanol–water partition coefficient (Wildman–Crippen LogP) is 3.67. The van der Waals surface area contributed by atoms with Crippen molar-refractivity contribution in [3.63, 3.8) is 0 Å². The number of nitrogens with zero attached hydrogens (tertiary/aromatic N) is 2. The lowest BCUT2D eigenvalue weighted by molar-refractivity contribution is -0.124. The van der Waals surface area contributed by atoms with Gasteiger partial charge in [-0.25, -0.2) is 8.78 Å². The fraction of sp³-hybridized carbons (Fsp3) is 0.667. The first-order valence-electron chi connectivity index (χ1n) is 9.92. The van der Waals surface area contributed by atoms with E-state index in [1.807, 2.05) is 13.1 Å². The molecule has 4 nitrogen and oxygen atoms in total. The SMILES string of the molecule is CC(C)C[C@@H](C(N)=O)N(C)C1CCC2CN(c3ccccc3C(F)F)C[C@@H]21. The summed E-state index contributed by atoms with van der Waals surface area (Å²) >= 11 is 0. The molecule has 2 aliphatic rings. The van der Waals surface area contributed by atoms with Crippen LogP contribution in [-0.2, 0) is 4.79 Å². The molecule has 1 aliphatic carbocycles. The van der Waals surface area contributed by atoms with Gasteiger partial charge in [-0.05, 0) is 50.1 Å². The van der Waals surface area contributed by atoms with Crippen molar-refractivity contribution in [3.8, 4) is 0 Å². The lowest BCUT2D eigenvalue weighted by Gasteiger charge is -2.35. The lowest BCUT2D eigenvalue weighted by Crippen LogP contribution is -2.50. The van der Waals surface area contributed by atoms with Crippen molar-refractivity contribution in [3.05, 3.63) is 29.8 Å². The molecule has 150 valence electrons. The van der Waals surface area contributed by atoms with E-state index in [1.165, 1.54) is 6.07 Å². The Morgan fingerprint density at radius 2 is 1.96 bits per heavy atom. The Morgan fingerprint density at radius 1 is 1.26 bits per heavy atom. The monoisotopic (exact) mass is 379 g/mol. The molecule has 0 bridgehead atoms. The topological polar surface area (TPSA) is 49.6 Å². The van der Waals surface area contributed by atoms with Gasteiger partial charge in [-0.15, -0.1) is 0 Å². The highest BCUT2D eigenvalue weighted by Gasteiger charge is 2.46. The minimum absolute atomic E-state index is 0.109. The molecule has 2 unspecified atom stereocenters. The van der Waals surface area contributed by atoms with Crippen molar-refractivity contribution in [2.45, 2.75) is 51.6 Å². The number of primary amides is 1. The van der Waals surface area contributed by atoms with Crippen LogP contribution >= 0.6 is 0 Å². The van der Waals surface area contributed by atoms with Crippen LogP contribution in [0.5, 0.6) is 0 Å². The summed E-state index contributed by atoms with van der Waals surface area (Å²) in [4.78, 5) is 16.3. The van der Waals surface area contributed by atoms with Gasteiger partial charge >= 0.3 is 0 Å². The van der Waals surface area contributed by atoms with Gasteiger partial charge in [0.1, 0.15) is 0 Å². The van der Waals surface area contributed by atoms with Crippen LogP contribution in [0.1, 0.15) is 45.1 Å². The highest BCUT2D eigenvalue weighted by Crippen LogP contribution is 2.44. The maximum Gasteiger partial charge on any atom is 0.265 e. The number of carbonyl (C=O) groups excluding carboxylic acids is 1. The molecule has 1 heterocycles. The van der Waals surface area contributed by atoms with E-state index in [0.717, 1.165) is 32.4 Å². The van der Waals surface area contributed by atoms with Crippen LogP contribution in [0.15, 0.2) is 24.3 Å². The molecule has 0 spiro atoms. The van der Waals surface area contributed by atoms with E-state index < -0.39 is 6.43 Å². The average molecular weight is 379 g/mol. The Hall–Kier alpha value is -1.69. The number of nitrogens with two attached hydrogens (primary N) is 1. The number of amides is 1. The van der Waals surface area contributed by atoms with Crippen molar-refractivity contribution < 1.29 is 13.6 Å². The highest BCUT2D eigenvalue weighted by molar-refractivity contribution is 5.79. The first-order chi connectivity index (χ1) is 12.8. The number of hydrogen-bond donors (Lipinski definition) is 1. The van der Waals surface area contributed by atoms with Crippen LogP contribution < -0.4 is 10.6 Å². The van der Waals surface area contributed by atoms with Crippen LogP contribution in [0.4, 0.5) is 14.5 Å². The Bertz CT molecular complexity index is 667. The largest absolute Gasteiger partial charge is 0.371 e. The molecule has 1 aromatic carbocycles. The summed E-state index contributed by atoms with van der Waals surface area (Å²) in [7, 11) is 2.00. The van der Waals surface area contributed by atoms with Gasteiger partial charge in [0.25, 0.3) is 6.43 Å². The molecule has 3 rings (SSSR count). The fourth-order valence-electron chi connectivity index (χ4n) is 5.06. The summed E-state index contributed by atoms with van der Waals surface area (Å²) in [6.45, 7) is 5.76. The smallest absolute Gasteiger partial charge is 0.265 e. The van der Waals surface area contributed by atoms with Gasteiger partial charge in [0.05, 0.1) is 6.04 Å². The van der Waals surface area contributed by atoms with E-state index in [4.69, 9.17) is 5.73 Å². The van der Waals surface area contributed by atoms with Crippen LogP contribution in [-0.4, -0.2) is 43.0 Å². The maximum atomic E-state index is 13.4. The van der Waals surface area contributed by atoms with E-state index in [1.54, 1.807) is 12.1 Å². The minimum atomic E-state index is -2.47. The van der Waals surface area contributed by atoms with Crippen LogP contribution in [0, 0.1) is 17.8 Å². The van der Waals surface area contributed by atoms with Crippen molar-refractivity contribution >= 4 is 11.6 Å². The van der Waals surface area contributed by atoms with Crippen molar-refractivity contribution in [2.24, 2.45) is 23.5 Å². The molecule has 0 aromatic heterocycles. The van der Waals surface area contributed by atoms with E-state index in [-0.39, 0.29) is 23.6 Å². The van der Waals surface area contributed by atoms with E-state index >= 15 is 0 Å². The highest BCUT2D eigenvalue weighted by atomic mass is 19.3. The molecule has 4 atom stereocenters. The second-order valence-corrected chi connectivity index (χ2v) is 8.55. The van der Waals surface area contributed by atoms with Gasteiger partial charge in [-0.1, -0.05) is 32.0 Å². The summed E-state index contributed by atoms with van der Waals surface area (Å²) in [6, 6.07) is 6.81. The second kappa shape index (κ2) is 8.13. The van der Waals surface area contributed by atoms with Crippen molar-refractivity contribution in [2.75, 3.05) is 25.0 Å². The first-order valence-corrected chi connectivity index (χ1v) is 9.92. The molecule has 27 heavy (non-hydrogen) atoms. The molecular formula is C21H31F2N3O.